The van der Waals surface area contributed by atoms with E-state index in [9.17, 15) is 0 Å². The third-order valence-electron chi connectivity index (χ3n) is 5.36. The van der Waals surface area contributed by atoms with Crippen LogP contribution in [-0.2, 0) is 0 Å². The molecule has 0 aliphatic heterocycles. The van der Waals surface area contributed by atoms with Gasteiger partial charge in [0.15, 0.2) is 5.96 Å². The zero-order chi connectivity index (χ0) is 14.7. The van der Waals surface area contributed by atoms with Crippen molar-refractivity contribution >= 4 is 29.9 Å². The summed E-state index contributed by atoms with van der Waals surface area (Å²) >= 11 is 0. The average Bonchev–Trinajstić information content (AvgIpc) is 3.25. The summed E-state index contributed by atoms with van der Waals surface area (Å²) < 4.78 is 0. The summed E-state index contributed by atoms with van der Waals surface area (Å²) in [5.41, 5.74) is 1.97. The first-order valence-electron chi connectivity index (χ1n) is 8.28. The van der Waals surface area contributed by atoms with Crippen molar-refractivity contribution < 1.29 is 0 Å². The molecule has 2 unspecified atom stereocenters. The molecule has 2 aliphatic carbocycles. The first-order chi connectivity index (χ1) is 10.3. The number of guanidine groups is 1. The number of halogens is 1. The van der Waals surface area contributed by atoms with Crippen LogP contribution in [0, 0.1) is 5.41 Å². The summed E-state index contributed by atoms with van der Waals surface area (Å²) in [7, 11) is 1.87. The van der Waals surface area contributed by atoms with Crippen LogP contribution in [0.15, 0.2) is 35.3 Å². The second-order valence-electron chi connectivity index (χ2n) is 6.64. The second kappa shape index (κ2) is 7.66. The third kappa shape index (κ3) is 3.94. The van der Waals surface area contributed by atoms with Gasteiger partial charge in [0, 0.05) is 25.6 Å². The second-order valence-corrected chi connectivity index (χ2v) is 6.64. The summed E-state index contributed by atoms with van der Waals surface area (Å²) in [5.74, 6) is 1.62. The van der Waals surface area contributed by atoms with Crippen molar-refractivity contribution in [1.29, 1.82) is 0 Å². The van der Waals surface area contributed by atoms with E-state index in [0.717, 1.165) is 12.5 Å². The zero-order valence-corrected chi connectivity index (χ0v) is 16.0. The molecule has 0 bridgehead atoms. The molecule has 2 atom stereocenters. The van der Waals surface area contributed by atoms with Crippen LogP contribution in [0.25, 0.3) is 0 Å². The SMILES string of the molecule is CCC1(CNC(=NC)NC2CC2c2ccccc2)CCC1.I. The Kier molecular flexibility index (Phi) is 6.12. The minimum absolute atomic E-state index is 0. The summed E-state index contributed by atoms with van der Waals surface area (Å²) in [6, 6.07) is 11.3. The van der Waals surface area contributed by atoms with Crippen LogP contribution in [0.1, 0.15) is 50.5 Å². The maximum absolute atomic E-state index is 4.39. The van der Waals surface area contributed by atoms with Gasteiger partial charge in [0.05, 0.1) is 0 Å². The van der Waals surface area contributed by atoms with E-state index in [1.807, 2.05) is 7.05 Å². The molecule has 3 rings (SSSR count). The largest absolute Gasteiger partial charge is 0.356 e. The van der Waals surface area contributed by atoms with Gasteiger partial charge in [-0.2, -0.15) is 0 Å². The predicted octanol–water partition coefficient (Wildman–Crippen LogP) is 3.91. The standard InChI is InChI=1S/C18H27N3.HI/c1-3-18(10-7-11-18)13-20-17(19-2)21-16-12-15(16)14-8-5-4-6-9-14;/h4-6,8-9,15-16H,3,7,10-13H2,1-2H3,(H2,19,20,21);1H. The van der Waals surface area contributed by atoms with Crippen molar-refractivity contribution in [1.82, 2.24) is 10.6 Å². The molecule has 1 aromatic rings. The molecule has 0 radical (unpaired) electrons. The topological polar surface area (TPSA) is 36.4 Å². The van der Waals surface area contributed by atoms with Crippen LogP contribution in [0.4, 0.5) is 0 Å². The lowest BCUT2D eigenvalue weighted by atomic mass is 9.67. The molecule has 0 spiro atoms. The highest BCUT2D eigenvalue weighted by molar-refractivity contribution is 14.0. The number of rotatable bonds is 5. The van der Waals surface area contributed by atoms with Gasteiger partial charge in [0.1, 0.15) is 0 Å². The van der Waals surface area contributed by atoms with Crippen LogP contribution < -0.4 is 10.6 Å². The number of hydrogen-bond acceptors (Lipinski definition) is 1. The molecule has 0 aromatic heterocycles. The molecule has 1 aromatic carbocycles. The Hall–Kier alpha value is -0.780. The Morgan fingerprint density at radius 3 is 2.55 bits per heavy atom. The highest BCUT2D eigenvalue weighted by atomic mass is 127. The minimum atomic E-state index is 0. The number of aliphatic imine (C=N–C) groups is 1. The van der Waals surface area contributed by atoms with Crippen LogP contribution in [0.2, 0.25) is 0 Å². The normalized spacial score (nSPS) is 25.6. The van der Waals surface area contributed by atoms with Gasteiger partial charge >= 0.3 is 0 Å². The van der Waals surface area contributed by atoms with Crippen molar-refractivity contribution in [2.75, 3.05) is 13.6 Å². The molecule has 22 heavy (non-hydrogen) atoms. The van der Waals surface area contributed by atoms with Crippen LogP contribution >= 0.6 is 24.0 Å². The maximum Gasteiger partial charge on any atom is 0.191 e. The molecule has 0 saturated heterocycles. The van der Waals surface area contributed by atoms with Crippen molar-refractivity contribution in [3.8, 4) is 0 Å². The highest BCUT2D eigenvalue weighted by Crippen LogP contribution is 2.43. The van der Waals surface area contributed by atoms with Crippen molar-refractivity contribution in [3.05, 3.63) is 35.9 Å². The van der Waals surface area contributed by atoms with Gasteiger partial charge in [-0.3, -0.25) is 4.99 Å². The van der Waals surface area contributed by atoms with Gasteiger partial charge in [-0.25, -0.2) is 0 Å². The summed E-state index contributed by atoms with van der Waals surface area (Å²) in [6.07, 6.45) is 6.60. The minimum Gasteiger partial charge on any atom is -0.356 e. The molecule has 2 fully saturated rings. The first kappa shape index (κ1) is 17.6. The first-order valence-corrected chi connectivity index (χ1v) is 8.28. The molecule has 2 N–H and O–H groups in total. The predicted molar refractivity (Wildman–Crippen MR) is 104 cm³/mol. The Morgan fingerprint density at radius 1 is 1.27 bits per heavy atom. The maximum atomic E-state index is 4.39. The molecule has 0 heterocycles. The Balaban J connectivity index is 0.00000176. The van der Waals surface area contributed by atoms with E-state index in [1.165, 1.54) is 37.7 Å². The lowest BCUT2D eigenvalue weighted by Crippen LogP contribution is -2.46. The van der Waals surface area contributed by atoms with Gasteiger partial charge < -0.3 is 10.6 Å². The van der Waals surface area contributed by atoms with E-state index in [-0.39, 0.29) is 24.0 Å². The van der Waals surface area contributed by atoms with E-state index in [2.05, 4.69) is 52.9 Å². The van der Waals surface area contributed by atoms with E-state index in [4.69, 9.17) is 0 Å². The fraction of sp³-hybridized carbons (Fsp3) is 0.611. The molecular formula is C18H28IN3. The van der Waals surface area contributed by atoms with E-state index < -0.39 is 0 Å². The van der Waals surface area contributed by atoms with Crippen molar-refractivity contribution in [2.45, 2.75) is 51.0 Å². The van der Waals surface area contributed by atoms with E-state index >= 15 is 0 Å². The smallest absolute Gasteiger partial charge is 0.191 e. The Labute approximate surface area is 151 Å². The molecule has 122 valence electrons. The lowest BCUT2D eigenvalue weighted by Gasteiger charge is -2.41. The number of nitrogens with one attached hydrogen (secondary N) is 2. The average molecular weight is 413 g/mol. The van der Waals surface area contributed by atoms with Crippen LogP contribution in [-0.4, -0.2) is 25.6 Å². The summed E-state index contributed by atoms with van der Waals surface area (Å²) in [6.45, 7) is 3.37. The third-order valence-corrected chi connectivity index (χ3v) is 5.36. The fourth-order valence-corrected chi connectivity index (χ4v) is 3.40. The zero-order valence-electron chi connectivity index (χ0n) is 13.6. The molecule has 4 heteroatoms. The summed E-state index contributed by atoms with van der Waals surface area (Å²) in [5, 5.41) is 7.12. The molecule has 3 nitrogen and oxygen atoms in total. The molecule has 0 amide bonds. The quantitative estimate of drug-likeness (QED) is 0.436. The van der Waals surface area contributed by atoms with Crippen molar-refractivity contribution in [2.24, 2.45) is 10.4 Å². The van der Waals surface area contributed by atoms with Gasteiger partial charge in [0.2, 0.25) is 0 Å². The Bertz CT molecular complexity index is 491. The van der Waals surface area contributed by atoms with Gasteiger partial charge in [-0.15, -0.1) is 24.0 Å². The molecule has 2 aliphatic rings. The summed E-state index contributed by atoms with van der Waals surface area (Å²) in [4.78, 5) is 4.39. The van der Waals surface area contributed by atoms with Gasteiger partial charge in [-0.05, 0) is 36.7 Å². The highest BCUT2D eigenvalue weighted by Gasteiger charge is 2.39. The number of benzene rings is 1. The van der Waals surface area contributed by atoms with Gasteiger partial charge in [-0.1, -0.05) is 43.7 Å². The van der Waals surface area contributed by atoms with Gasteiger partial charge in [0.25, 0.3) is 0 Å². The van der Waals surface area contributed by atoms with E-state index in [1.54, 1.807) is 0 Å². The molecule has 2 saturated carbocycles. The van der Waals surface area contributed by atoms with Crippen LogP contribution in [0.5, 0.6) is 0 Å². The monoisotopic (exact) mass is 413 g/mol. The fourth-order valence-electron chi connectivity index (χ4n) is 3.40. The van der Waals surface area contributed by atoms with Crippen molar-refractivity contribution in [3.63, 3.8) is 0 Å². The van der Waals surface area contributed by atoms with E-state index in [0.29, 0.717) is 17.4 Å². The number of hydrogen-bond donors (Lipinski definition) is 2. The number of nitrogens with zero attached hydrogens (tertiary/aromatic N) is 1. The Morgan fingerprint density at radius 2 is 2.00 bits per heavy atom. The molecular weight excluding hydrogens is 385 g/mol. The lowest BCUT2D eigenvalue weighted by molar-refractivity contribution is 0.131. The van der Waals surface area contributed by atoms with Crippen LogP contribution in [0.3, 0.4) is 0 Å².